The van der Waals surface area contributed by atoms with Crippen molar-refractivity contribution >= 4 is 11.9 Å². The predicted octanol–water partition coefficient (Wildman–Crippen LogP) is 10.4. The van der Waals surface area contributed by atoms with Gasteiger partial charge in [0, 0.05) is 12.8 Å². The molecule has 0 saturated carbocycles. The average molecular weight is 894 g/mol. The van der Waals surface area contributed by atoms with E-state index in [1.807, 2.05) is 6.08 Å². The van der Waals surface area contributed by atoms with Gasteiger partial charge in [0.05, 0.1) is 32.0 Å². The van der Waals surface area contributed by atoms with Crippen molar-refractivity contribution in [1.29, 1.82) is 0 Å². The maximum absolute atomic E-state index is 13.0. The lowest BCUT2D eigenvalue weighted by Crippen LogP contribution is -2.60. The Morgan fingerprint density at radius 2 is 1.03 bits per heavy atom. The van der Waals surface area contributed by atoms with Gasteiger partial charge >= 0.3 is 5.97 Å². The summed E-state index contributed by atoms with van der Waals surface area (Å²) < 4.78 is 16.6. The van der Waals surface area contributed by atoms with Gasteiger partial charge in [-0.3, -0.25) is 9.59 Å². The fourth-order valence-corrected chi connectivity index (χ4v) is 7.80. The van der Waals surface area contributed by atoms with Gasteiger partial charge in [-0.25, -0.2) is 0 Å². The van der Waals surface area contributed by atoms with Gasteiger partial charge in [0.25, 0.3) is 0 Å². The second kappa shape index (κ2) is 42.5. The molecule has 11 nitrogen and oxygen atoms in total. The Morgan fingerprint density at radius 3 is 1.57 bits per heavy atom. The lowest BCUT2D eigenvalue weighted by molar-refractivity contribution is -0.302. The molecule has 1 amide bonds. The van der Waals surface area contributed by atoms with Crippen LogP contribution >= 0.6 is 0 Å². The molecule has 0 spiro atoms. The van der Waals surface area contributed by atoms with Gasteiger partial charge in [-0.1, -0.05) is 172 Å². The molecule has 1 heterocycles. The van der Waals surface area contributed by atoms with E-state index >= 15 is 0 Å². The molecule has 1 aliphatic rings. The number of aliphatic hydroxyl groups is 5. The van der Waals surface area contributed by atoms with E-state index in [-0.39, 0.29) is 18.5 Å². The number of hydrogen-bond acceptors (Lipinski definition) is 10. The Bertz CT molecular complexity index is 1150. The average Bonchev–Trinajstić information content (AvgIpc) is 3.28. The molecule has 0 aromatic rings. The first-order chi connectivity index (χ1) is 30.7. The van der Waals surface area contributed by atoms with Gasteiger partial charge in [-0.05, 0) is 70.6 Å². The van der Waals surface area contributed by atoms with Crippen LogP contribution in [0.2, 0.25) is 0 Å². The predicted molar refractivity (Wildman–Crippen MR) is 255 cm³/mol. The molecule has 0 aromatic heterocycles. The van der Waals surface area contributed by atoms with E-state index in [9.17, 15) is 35.1 Å². The van der Waals surface area contributed by atoms with E-state index in [1.54, 1.807) is 6.08 Å². The molecule has 1 fully saturated rings. The summed E-state index contributed by atoms with van der Waals surface area (Å²) >= 11 is 0. The number of amides is 1. The molecule has 1 aliphatic heterocycles. The van der Waals surface area contributed by atoms with Crippen LogP contribution in [0.4, 0.5) is 0 Å². The highest BCUT2D eigenvalue weighted by Crippen LogP contribution is 2.22. The zero-order valence-electron chi connectivity index (χ0n) is 40.0. The second-order valence-electron chi connectivity index (χ2n) is 17.9. The lowest BCUT2D eigenvalue weighted by Gasteiger charge is -2.40. The first-order valence-corrected chi connectivity index (χ1v) is 25.8. The summed E-state index contributed by atoms with van der Waals surface area (Å²) in [7, 11) is 0. The number of carbonyl (C=O) groups is 2. The fraction of sp³-hybridized carbons (Fsp3) is 0.846. The minimum Gasteiger partial charge on any atom is -0.466 e. The van der Waals surface area contributed by atoms with Crippen molar-refractivity contribution in [1.82, 2.24) is 5.32 Å². The zero-order valence-corrected chi connectivity index (χ0v) is 40.0. The smallest absolute Gasteiger partial charge is 0.305 e. The summed E-state index contributed by atoms with van der Waals surface area (Å²) in [5, 5.41) is 54.2. The number of nitrogens with one attached hydrogen (secondary N) is 1. The van der Waals surface area contributed by atoms with Crippen LogP contribution in [0.15, 0.2) is 36.5 Å². The van der Waals surface area contributed by atoms with Gasteiger partial charge in [-0.2, -0.15) is 0 Å². The lowest BCUT2D eigenvalue weighted by atomic mass is 9.99. The Morgan fingerprint density at radius 1 is 0.571 bits per heavy atom. The maximum atomic E-state index is 13.0. The Labute approximate surface area is 383 Å². The zero-order chi connectivity index (χ0) is 46.0. The molecule has 1 saturated heterocycles. The van der Waals surface area contributed by atoms with E-state index in [2.05, 4.69) is 43.5 Å². The molecule has 7 atom stereocenters. The Kier molecular flexibility index (Phi) is 39.7. The standard InChI is InChI=1S/C52H95NO10/c1-3-5-7-9-11-13-15-16-19-22-26-30-34-38-45(55)44(43-62-52-51(60)50(59)49(58)46(42-54)63-52)53-47(56)39-35-31-27-23-20-17-21-25-29-33-37-41-61-48(57)40-36-32-28-24-18-14-12-10-8-6-4-2/h19,21-22,25,34,38,44-46,49-52,54-55,58-60H,3-18,20,23-24,26-33,35-37,39-43H2,1-2H3,(H,53,56)/b22-19+,25-21-,38-34+. The summed E-state index contributed by atoms with van der Waals surface area (Å²) in [6, 6.07) is -0.847. The van der Waals surface area contributed by atoms with E-state index in [0.29, 0.717) is 25.9 Å². The van der Waals surface area contributed by atoms with Crippen LogP contribution in [-0.4, -0.2) is 100 Å². The van der Waals surface area contributed by atoms with Crippen LogP contribution in [0, 0.1) is 0 Å². The first-order valence-electron chi connectivity index (χ1n) is 25.8. The minimum absolute atomic E-state index is 0.0594. The topological polar surface area (TPSA) is 175 Å². The molecule has 0 aromatic carbocycles. The third-order valence-electron chi connectivity index (χ3n) is 12.0. The third-order valence-corrected chi connectivity index (χ3v) is 12.0. The number of allylic oxidation sites excluding steroid dienone is 5. The monoisotopic (exact) mass is 894 g/mol. The van der Waals surface area contributed by atoms with Crippen molar-refractivity contribution in [2.75, 3.05) is 19.8 Å². The number of aliphatic hydroxyl groups excluding tert-OH is 5. The number of hydrogen-bond donors (Lipinski definition) is 6. The highest BCUT2D eigenvalue weighted by Gasteiger charge is 2.44. The van der Waals surface area contributed by atoms with Crippen molar-refractivity contribution in [2.45, 2.75) is 262 Å². The summed E-state index contributed by atoms with van der Waals surface area (Å²) in [5.74, 6) is -0.281. The Hall–Kier alpha value is -2.12. The van der Waals surface area contributed by atoms with E-state index in [4.69, 9.17) is 14.2 Å². The maximum Gasteiger partial charge on any atom is 0.305 e. The molecular weight excluding hydrogens is 799 g/mol. The molecule has 368 valence electrons. The van der Waals surface area contributed by atoms with Crippen LogP contribution in [0.25, 0.3) is 0 Å². The summed E-state index contributed by atoms with van der Waals surface area (Å²) in [4.78, 5) is 25.0. The second-order valence-corrected chi connectivity index (χ2v) is 17.9. The summed E-state index contributed by atoms with van der Waals surface area (Å²) in [6.45, 7) is 4.19. The quantitative estimate of drug-likeness (QED) is 0.0196. The van der Waals surface area contributed by atoms with Crippen molar-refractivity contribution in [3.63, 3.8) is 0 Å². The van der Waals surface area contributed by atoms with Gasteiger partial charge in [-0.15, -0.1) is 0 Å². The number of unbranched alkanes of at least 4 members (excludes halogenated alkanes) is 25. The molecule has 0 aliphatic carbocycles. The fourth-order valence-electron chi connectivity index (χ4n) is 7.80. The highest BCUT2D eigenvalue weighted by atomic mass is 16.7. The van der Waals surface area contributed by atoms with Gasteiger partial charge < -0.3 is 45.1 Å². The van der Waals surface area contributed by atoms with Crippen LogP contribution in [-0.2, 0) is 23.8 Å². The highest BCUT2D eigenvalue weighted by molar-refractivity contribution is 5.76. The van der Waals surface area contributed by atoms with E-state index < -0.39 is 49.5 Å². The SMILES string of the molecule is CCCCCCCCC/C=C/CC/C=C/C(O)C(COC1OC(CO)C(O)C(O)C1O)NC(=O)CCCCCCC/C=C\CCCCOC(=O)CCCCCCCCCCCCC. The molecule has 0 bridgehead atoms. The summed E-state index contributed by atoms with van der Waals surface area (Å²) in [6.07, 6.45) is 39.3. The number of rotatable bonds is 43. The molecule has 11 heteroatoms. The first kappa shape index (κ1) is 58.9. The third kappa shape index (κ3) is 33.1. The molecular formula is C52H95NO10. The van der Waals surface area contributed by atoms with Gasteiger partial charge in [0.15, 0.2) is 6.29 Å². The van der Waals surface area contributed by atoms with Gasteiger partial charge in [0.1, 0.15) is 24.4 Å². The van der Waals surface area contributed by atoms with Crippen molar-refractivity contribution in [3.8, 4) is 0 Å². The van der Waals surface area contributed by atoms with Crippen LogP contribution in [0.5, 0.6) is 0 Å². The Balaban J connectivity index is 2.26. The number of ether oxygens (including phenoxy) is 3. The molecule has 0 radical (unpaired) electrons. The van der Waals surface area contributed by atoms with E-state index in [1.165, 1.54) is 103 Å². The normalized spacial score (nSPS) is 20.3. The molecule has 7 unspecified atom stereocenters. The van der Waals surface area contributed by atoms with Crippen LogP contribution in [0.3, 0.4) is 0 Å². The van der Waals surface area contributed by atoms with Crippen molar-refractivity contribution < 1.29 is 49.3 Å². The van der Waals surface area contributed by atoms with Crippen molar-refractivity contribution in [3.05, 3.63) is 36.5 Å². The summed E-state index contributed by atoms with van der Waals surface area (Å²) in [5.41, 5.74) is 0. The van der Waals surface area contributed by atoms with Crippen LogP contribution in [0.1, 0.15) is 219 Å². The van der Waals surface area contributed by atoms with E-state index in [0.717, 1.165) is 83.5 Å². The molecule has 63 heavy (non-hydrogen) atoms. The van der Waals surface area contributed by atoms with Gasteiger partial charge in [0.2, 0.25) is 5.91 Å². The largest absolute Gasteiger partial charge is 0.466 e. The molecule has 6 N–H and O–H groups in total. The van der Waals surface area contributed by atoms with Crippen molar-refractivity contribution in [2.24, 2.45) is 0 Å². The number of carbonyl (C=O) groups excluding carboxylic acids is 2. The van der Waals surface area contributed by atoms with Crippen LogP contribution < -0.4 is 5.32 Å². The minimum atomic E-state index is -1.59. The number of esters is 1. The molecule has 1 rings (SSSR count).